The lowest BCUT2D eigenvalue weighted by molar-refractivity contribution is -0.143. The van der Waals surface area contributed by atoms with Crippen molar-refractivity contribution in [1.82, 2.24) is 5.43 Å². The van der Waals surface area contributed by atoms with Crippen molar-refractivity contribution in [3.63, 3.8) is 0 Å². The van der Waals surface area contributed by atoms with E-state index >= 15 is 0 Å². The first kappa shape index (κ1) is 38.0. The Hall–Kier alpha value is -3.16. The SMILES string of the molecule is C=NNC.CCCN(CC1CCCCC1)c1ccc(C(F)(F)F)cc1N(CC)C(CN)c1cc(C(F)(F)F)cc(C(F)(F)F)c1. The van der Waals surface area contributed by atoms with Crippen LogP contribution in [0.15, 0.2) is 41.5 Å². The first-order valence-corrected chi connectivity index (χ1v) is 14.9. The van der Waals surface area contributed by atoms with Gasteiger partial charge in [0.15, 0.2) is 0 Å². The summed E-state index contributed by atoms with van der Waals surface area (Å²) in [6, 6.07) is 3.17. The van der Waals surface area contributed by atoms with Crippen LogP contribution < -0.4 is 21.0 Å². The second-order valence-corrected chi connectivity index (χ2v) is 10.9. The summed E-state index contributed by atoms with van der Waals surface area (Å²) < 4.78 is 123. The van der Waals surface area contributed by atoms with E-state index in [-0.39, 0.29) is 23.9 Å². The van der Waals surface area contributed by atoms with E-state index in [1.807, 2.05) is 11.8 Å². The summed E-state index contributed by atoms with van der Waals surface area (Å²) in [5.74, 6) is 0.323. The highest BCUT2D eigenvalue weighted by molar-refractivity contribution is 5.73. The average Bonchev–Trinajstić information content (AvgIpc) is 2.98. The van der Waals surface area contributed by atoms with Crippen molar-refractivity contribution < 1.29 is 39.5 Å². The fourth-order valence-electron chi connectivity index (χ4n) is 5.63. The molecule has 0 saturated heterocycles. The average molecular weight is 656 g/mol. The Balaban J connectivity index is 0.00000166. The van der Waals surface area contributed by atoms with Crippen molar-refractivity contribution >= 4 is 18.1 Å². The summed E-state index contributed by atoms with van der Waals surface area (Å²) in [6.45, 7) is 7.28. The smallest absolute Gasteiger partial charge is 0.370 e. The minimum absolute atomic E-state index is 0.0167. The van der Waals surface area contributed by atoms with Crippen molar-refractivity contribution in [2.45, 2.75) is 76.9 Å². The molecule has 0 spiro atoms. The van der Waals surface area contributed by atoms with Gasteiger partial charge in [0, 0.05) is 39.9 Å². The van der Waals surface area contributed by atoms with E-state index in [1.165, 1.54) is 11.0 Å². The molecule has 5 nitrogen and oxygen atoms in total. The lowest BCUT2D eigenvalue weighted by atomic mass is 9.88. The van der Waals surface area contributed by atoms with Crippen LogP contribution in [-0.4, -0.2) is 39.9 Å². The number of rotatable bonds is 11. The summed E-state index contributed by atoms with van der Waals surface area (Å²) >= 11 is 0. The molecule has 1 saturated carbocycles. The second-order valence-electron chi connectivity index (χ2n) is 10.9. The molecule has 0 bridgehead atoms. The van der Waals surface area contributed by atoms with E-state index in [2.05, 4.69) is 17.2 Å². The Labute approximate surface area is 258 Å². The molecule has 3 rings (SSSR count). The Morgan fingerprint density at radius 2 is 1.38 bits per heavy atom. The number of nitrogens with one attached hydrogen (secondary N) is 1. The van der Waals surface area contributed by atoms with Crippen molar-refractivity contribution in [2.24, 2.45) is 16.8 Å². The maximum atomic E-state index is 13.9. The van der Waals surface area contributed by atoms with E-state index in [9.17, 15) is 39.5 Å². The summed E-state index contributed by atoms with van der Waals surface area (Å²) in [5.41, 5.74) is 4.53. The Kier molecular flexibility index (Phi) is 13.9. The largest absolute Gasteiger partial charge is 0.416 e. The van der Waals surface area contributed by atoms with Crippen LogP contribution in [0, 0.1) is 5.92 Å². The fourth-order valence-corrected chi connectivity index (χ4v) is 5.63. The van der Waals surface area contributed by atoms with Crippen LogP contribution in [0.4, 0.5) is 50.9 Å². The number of hydrogen-bond acceptors (Lipinski definition) is 5. The minimum Gasteiger partial charge on any atom is -0.370 e. The third-order valence-corrected chi connectivity index (χ3v) is 7.74. The number of benzene rings is 2. The molecule has 1 unspecified atom stereocenters. The van der Waals surface area contributed by atoms with Crippen molar-refractivity contribution in [3.8, 4) is 0 Å². The molecule has 2 aromatic rings. The molecule has 45 heavy (non-hydrogen) atoms. The van der Waals surface area contributed by atoms with E-state index < -0.39 is 47.8 Å². The molecular weight excluding hydrogens is 613 g/mol. The van der Waals surface area contributed by atoms with E-state index in [0.29, 0.717) is 43.2 Å². The zero-order valence-electron chi connectivity index (χ0n) is 25.7. The van der Waals surface area contributed by atoms with E-state index in [4.69, 9.17) is 5.73 Å². The van der Waals surface area contributed by atoms with E-state index in [0.717, 1.165) is 44.2 Å². The Morgan fingerprint density at radius 3 is 1.80 bits per heavy atom. The highest BCUT2D eigenvalue weighted by atomic mass is 19.4. The van der Waals surface area contributed by atoms with Crippen LogP contribution in [0.3, 0.4) is 0 Å². The summed E-state index contributed by atoms with van der Waals surface area (Å²) in [5, 5.41) is 3.24. The van der Waals surface area contributed by atoms with Gasteiger partial charge in [-0.3, -0.25) is 0 Å². The van der Waals surface area contributed by atoms with Crippen LogP contribution >= 0.6 is 0 Å². The van der Waals surface area contributed by atoms with Gasteiger partial charge in [-0.1, -0.05) is 26.2 Å². The van der Waals surface area contributed by atoms with Gasteiger partial charge < -0.3 is 21.0 Å². The molecular formula is C31H42F9N5. The molecule has 1 atom stereocenters. The predicted octanol–water partition coefficient (Wildman–Crippen LogP) is 8.89. The summed E-state index contributed by atoms with van der Waals surface area (Å²) in [7, 11) is 1.70. The van der Waals surface area contributed by atoms with Gasteiger partial charge in [-0.2, -0.15) is 44.6 Å². The topological polar surface area (TPSA) is 56.9 Å². The van der Waals surface area contributed by atoms with Gasteiger partial charge in [-0.05, 0) is 74.1 Å². The molecule has 254 valence electrons. The highest BCUT2D eigenvalue weighted by Gasteiger charge is 2.39. The zero-order chi connectivity index (χ0) is 34.0. The highest BCUT2D eigenvalue weighted by Crippen LogP contribution is 2.43. The molecule has 14 heteroatoms. The van der Waals surface area contributed by atoms with Gasteiger partial charge >= 0.3 is 18.5 Å². The number of halogens is 9. The number of likely N-dealkylation sites (N-methyl/N-ethyl adjacent to an activating group) is 1. The van der Waals surface area contributed by atoms with Crippen LogP contribution in [0.2, 0.25) is 0 Å². The normalized spacial score (nSPS) is 15.1. The van der Waals surface area contributed by atoms with Gasteiger partial charge in [0.25, 0.3) is 0 Å². The summed E-state index contributed by atoms with van der Waals surface area (Å²) in [4.78, 5) is 3.36. The Morgan fingerprint density at radius 1 is 0.844 bits per heavy atom. The first-order chi connectivity index (χ1) is 21.0. The van der Waals surface area contributed by atoms with E-state index in [1.54, 1.807) is 14.0 Å². The number of hydrogen-bond donors (Lipinski definition) is 2. The van der Waals surface area contributed by atoms with Crippen LogP contribution in [0.1, 0.15) is 80.7 Å². The molecule has 1 aliphatic rings. The van der Waals surface area contributed by atoms with Gasteiger partial charge in [-0.15, -0.1) is 0 Å². The standard InChI is InChI=1S/C29H36F9N3.C2H6N2/c1-3-12-40(18-19-8-6-5-7-9-19)24-11-10-21(27(30,31)32)16-25(24)41(4-2)26(17-39)20-13-22(28(33,34)35)15-23(14-20)29(36,37)38;1-3-4-2/h10-11,13-16,19,26H,3-9,12,17-18,39H2,1-2H3;4H,1H2,2H3. The molecule has 3 N–H and O–H groups in total. The third kappa shape index (κ3) is 10.7. The van der Waals surface area contributed by atoms with Crippen LogP contribution in [0.25, 0.3) is 0 Å². The molecule has 0 aliphatic heterocycles. The molecule has 2 aromatic carbocycles. The molecule has 1 aliphatic carbocycles. The number of nitrogens with two attached hydrogens (primary N) is 1. The summed E-state index contributed by atoms with van der Waals surface area (Å²) in [6.07, 6.45) is -9.01. The lowest BCUT2D eigenvalue weighted by Crippen LogP contribution is -2.37. The minimum atomic E-state index is -5.08. The number of anilines is 2. The van der Waals surface area contributed by atoms with Crippen molar-refractivity contribution in [1.29, 1.82) is 0 Å². The van der Waals surface area contributed by atoms with Crippen LogP contribution in [0.5, 0.6) is 0 Å². The van der Waals surface area contributed by atoms with Gasteiger partial charge in [0.2, 0.25) is 0 Å². The van der Waals surface area contributed by atoms with Gasteiger partial charge in [0.1, 0.15) is 0 Å². The van der Waals surface area contributed by atoms with Crippen molar-refractivity contribution in [2.75, 3.05) is 43.0 Å². The second kappa shape index (κ2) is 16.4. The maximum Gasteiger partial charge on any atom is 0.416 e. The maximum absolute atomic E-state index is 13.9. The third-order valence-electron chi connectivity index (χ3n) is 7.74. The number of nitrogens with zero attached hydrogens (tertiary/aromatic N) is 3. The Bertz CT molecular complexity index is 1170. The number of hydrazone groups is 1. The molecule has 0 aromatic heterocycles. The van der Waals surface area contributed by atoms with Gasteiger partial charge in [0.05, 0.1) is 34.1 Å². The molecule has 0 heterocycles. The molecule has 1 fully saturated rings. The number of alkyl halides is 9. The van der Waals surface area contributed by atoms with Gasteiger partial charge in [-0.25, -0.2) is 0 Å². The van der Waals surface area contributed by atoms with Crippen LogP contribution in [-0.2, 0) is 18.5 Å². The molecule has 0 radical (unpaired) electrons. The predicted molar refractivity (Wildman–Crippen MR) is 160 cm³/mol. The zero-order valence-corrected chi connectivity index (χ0v) is 25.7. The fraction of sp³-hybridized carbons (Fsp3) is 0.581. The lowest BCUT2D eigenvalue weighted by Gasteiger charge is -2.39. The molecule has 0 amide bonds. The first-order valence-electron chi connectivity index (χ1n) is 14.9. The monoisotopic (exact) mass is 655 g/mol. The van der Waals surface area contributed by atoms with Crippen molar-refractivity contribution in [3.05, 3.63) is 58.7 Å². The quantitative estimate of drug-likeness (QED) is 0.144.